The van der Waals surface area contributed by atoms with Gasteiger partial charge >= 0.3 is 0 Å². The van der Waals surface area contributed by atoms with Crippen LogP contribution >= 0.6 is 11.3 Å². The lowest BCUT2D eigenvalue weighted by atomic mass is 10.2. The molecule has 1 unspecified atom stereocenters. The fraction of sp³-hybridized carbons (Fsp3) is 0.500. The monoisotopic (exact) mass is 302 g/mol. The van der Waals surface area contributed by atoms with Crippen LogP contribution in [0, 0.1) is 0 Å². The normalized spacial score (nSPS) is 15.7. The molecule has 2 N–H and O–H groups in total. The lowest BCUT2D eigenvalue weighted by molar-refractivity contribution is 0.788. The van der Waals surface area contributed by atoms with Gasteiger partial charge < -0.3 is 10.6 Å². The van der Waals surface area contributed by atoms with Crippen molar-refractivity contribution in [2.45, 2.75) is 45.1 Å². The van der Waals surface area contributed by atoms with E-state index in [0.717, 1.165) is 30.4 Å². The van der Waals surface area contributed by atoms with Crippen LogP contribution in [0.1, 0.15) is 43.3 Å². The first-order chi connectivity index (χ1) is 10.2. The van der Waals surface area contributed by atoms with E-state index < -0.39 is 0 Å². The lowest BCUT2D eigenvalue weighted by Crippen LogP contribution is -2.19. The molecule has 2 heterocycles. The summed E-state index contributed by atoms with van der Waals surface area (Å²) in [5, 5.41) is 8.94. The van der Waals surface area contributed by atoms with E-state index in [1.54, 1.807) is 11.3 Å². The number of rotatable bonds is 7. The molecule has 4 nitrogen and oxygen atoms in total. The van der Waals surface area contributed by atoms with Crippen LogP contribution < -0.4 is 10.6 Å². The Morgan fingerprint density at radius 2 is 2.14 bits per heavy atom. The number of nitrogens with one attached hydrogen (secondary N) is 2. The maximum Gasteiger partial charge on any atom is 0.136 e. The molecule has 0 saturated heterocycles. The molecule has 0 aliphatic heterocycles. The molecule has 2 aromatic rings. The minimum atomic E-state index is 0.361. The number of hydrogen-bond acceptors (Lipinski definition) is 5. The molecule has 0 amide bonds. The third-order valence-electron chi connectivity index (χ3n) is 3.53. The zero-order chi connectivity index (χ0) is 14.7. The average molecular weight is 302 g/mol. The van der Waals surface area contributed by atoms with Crippen molar-refractivity contribution in [1.82, 2.24) is 9.97 Å². The predicted molar refractivity (Wildman–Crippen MR) is 89.3 cm³/mol. The molecule has 1 aliphatic carbocycles. The topological polar surface area (TPSA) is 49.8 Å². The lowest BCUT2D eigenvalue weighted by Gasteiger charge is -2.15. The van der Waals surface area contributed by atoms with Crippen LogP contribution in [0.3, 0.4) is 0 Å². The van der Waals surface area contributed by atoms with Gasteiger partial charge in [0.05, 0.1) is 0 Å². The molecule has 0 aromatic carbocycles. The number of anilines is 2. The second kappa shape index (κ2) is 6.43. The van der Waals surface area contributed by atoms with Crippen molar-refractivity contribution in [3.8, 4) is 0 Å². The van der Waals surface area contributed by atoms with Crippen LogP contribution in [0.25, 0.3) is 0 Å². The van der Waals surface area contributed by atoms with Crippen molar-refractivity contribution < 1.29 is 0 Å². The molecular weight excluding hydrogens is 280 g/mol. The van der Waals surface area contributed by atoms with Crippen molar-refractivity contribution in [2.75, 3.05) is 17.2 Å². The summed E-state index contributed by atoms with van der Waals surface area (Å²) in [6, 6.07) is 6.66. The highest BCUT2D eigenvalue weighted by atomic mass is 32.1. The molecule has 1 fully saturated rings. The first-order valence-corrected chi connectivity index (χ1v) is 8.54. The highest BCUT2D eigenvalue weighted by Crippen LogP contribution is 2.38. The highest BCUT2D eigenvalue weighted by Gasteiger charge is 2.27. The number of hydrogen-bond donors (Lipinski definition) is 2. The molecule has 1 atom stereocenters. The van der Waals surface area contributed by atoms with Crippen LogP contribution in [-0.2, 0) is 6.42 Å². The standard InChI is InChI=1S/C16H22N4S/c1-3-17-14-10-15(20-16(19-14)12-6-7-12)18-11(2)9-13-5-4-8-21-13/h4-5,8,10-12H,3,6-7,9H2,1-2H3,(H2,17,18,19,20). The molecule has 21 heavy (non-hydrogen) atoms. The van der Waals surface area contributed by atoms with E-state index in [-0.39, 0.29) is 0 Å². The van der Waals surface area contributed by atoms with Crippen molar-refractivity contribution in [1.29, 1.82) is 0 Å². The molecule has 2 aromatic heterocycles. The maximum absolute atomic E-state index is 4.69. The van der Waals surface area contributed by atoms with E-state index in [4.69, 9.17) is 0 Å². The molecule has 0 spiro atoms. The third-order valence-corrected chi connectivity index (χ3v) is 4.42. The van der Waals surface area contributed by atoms with Gasteiger partial charge in [-0.2, -0.15) is 0 Å². The minimum absolute atomic E-state index is 0.361. The van der Waals surface area contributed by atoms with E-state index >= 15 is 0 Å². The number of nitrogens with zero attached hydrogens (tertiary/aromatic N) is 2. The summed E-state index contributed by atoms with van der Waals surface area (Å²) >= 11 is 1.81. The Bertz CT molecular complexity index is 578. The van der Waals surface area contributed by atoms with Crippen LogP contribution in [-0.4, -0.2) is 22.6 Å². The van der Waals surface area contributed by atoms with E-state index in [0.29, 0.717) is 12.0 Å². The van der Waals surface area contributed by atoms with Gasteiger partial charge in [0.1, 0.15) is 17.5 Å². The second-order valence-electron chi connectivity index (χ2n) is 5.63. The Labute approximate surface area is 130 Å². The summed E-state index contributed by atoms with van der Waals surface area (Å²) < 4.78 is 0. The summed E-state index contributed by atoms with van der Waals surface area (Å²) in [7, 11) is 0. The molecule has 1 aliphatic rings. The summed E-state index contributed by atoms with van der Waals surface area (Å²) in [5.74, 6) is 3.42. The van der Waals surface area contributed by atoms with Crippen LogP contribution in [0.4, 0.5) is 11.6 Å². The van der Waals surface area contributed by atoms with Gasteiger partial charge in [0, 0.05) is 35.9 Å². The van der Waals surface area contributed by atoms with Gasteiger partial charge in [-0.3, -0.25) is 0 Å². The molecular formula is C16H22N4S. The van der Waals surface area contributed by atoms with Gasteiger partial charge in [-0.15, -0.1) is 11.3 Å². The minimum Gasteiger partial charge on any atom is -0.370 e. The van der Waals surface area contributed by atoms with Gasteiger partial charge in [0.15, 0.2) is 0 Å². The first-order valence-electron chi connectivity index (χ1n) is 7.66. The highest BCUT2D eigenvalue weighted by molar-refractivity contribution is 7.09. The van der Waals surface area contributed by atoms with E-state index in [1.165, 1.54) is 17.7 Å². The SMILES string of the molecule is CCNc1cc(NC(C)Cc2cccs2)nc(C2CC2)n1. The molecule has 3 rings (SSSR count). The van der Waals surface area contributed by atoms with Crippen molar-refractivity contribution in [2.24, 2.45) is 0 Å². The number of thiophene rings is 1. The van der Waals surface area contributed by atoms with Crippen LogP contribution in [0.2, 0.25) is 0 Å². The average Bonchev–Trinajstić information content (AvgIpc) is 3.18. The summed E-state index contributed by atoms with van der Waals surface area (Å²) in [6.07, 6.45) is 3.47. The number of aromatic nitrogens is 2. The molecule has 0 radical (unpaired) electrons. The quantitative estimate of drug-likeness (QED) is 0.814. The van der Waals surface area contributed by atoms with Crippen molar-refractivity contribution in [3.05, 3.63) is 34.3 Å². The Hall–Kier alpha value is -1.62. The largest absolute Gasteiger partial charge is 0.370 e. The first kappa shape index (κ1) is 14.3. The fourth-order valence-corrected chi connectivity index (χ4v) is 3.20. The second-order valence-corrected chi connectivity index (χ2v) is 6.66. The summed E-state index contributed by atoms with van der Waals surface area (Å²) in [4.78, 5) is 10.7. The van der Waals surface area contributed by atoms with Crippen LogP contribution in [0.15, 0.2) is 23.6 Å². The van der Waals surface area contributed by atoms with Gasteiger partial charge in [-0.25, -0.2) is 9.97 Å². The van der Waals surface area contributed by atoms with Crippen LogP contribution in [0.5, 0.6) is 0 Å². The van der Waals surface area contributed by atoms with Crippen molar-refractivity contribution >= 4 is 23.0 Å². The molecule has 0 bridgehead atoms. The Kier molecular flexibility index (Phi) is 4.39. The fourth-order valence-electron chi connectivity index (χ4n) is 2.37. The summed E-state index contributed by atoms with van der Waals surface area (Å²) in [6.45, 7) is 5.17. The Morgan fingerprint density at radius 1 is 1.33 bits per heavy atom. The van der Waals surface area contributed by atoms with E-state index in [2.05, 4.69) is 52.0 Å². The zero-order valence-electron chi connectivity index (χ0n) is 12.6. The Balaban J connectivity index is 1.70. The molecule has 5 heteroatoms. The van der Waals surface area contributed by atoms with Gasteiger partial charge in [0.25, 0.3) is 0 Å². The van der Waals surface area contributed by atoms with Crippen molar-refractivity contribution in [3.63, 3.8) is 0 Å². The predicted octanol–water partition coefficient (Wildman–Crippen LogP) is 3.89. The summed E-state index contributed by atoms with van der Waals surface area (Å²) in [5.41, 5.74) is 0. The Morgan fingerprint density at radius 3 is 2.81 bits per heavy atom. The molecule has 112 valence electrons. The van der Waals surface area contributed by atoms with Gasteiger partial charge in [0.2, 0.25) is 0 Å². The van der Waals surface area contributed by atoms with E-state index in [1.807, 2.05) is 6.07 Å². The zero-order valence-corrected chi connectivity index (χ0v) is 13.4. The smallest absolute Gasteiger partial charge is 0.136 e. The third kappa shape index (κ3) is 3.94. The molecule has 1 saturated carbocycles. The maximum atomic E-state index is 4.69. The van der Waals surface area contributed by atoms with Gasteiger partial charge in [-0.1, -0.05) is 6.07 Å². The van der Waals surface area contributed by atoms with E-state index in [9.17, 15) is 0 Å². The van der Waals surface area contributed by atoms with Gasteiger partial charge in [-0.05, 0) is 38.1 Å².